The molecule has 0 saturated carbocycles. The number of ether oxygens (including phenoxy) is 2. The zero-order chi connectivity index (χ0) is 46.6. The quantitative estimate of drug-likeness (QED) is 0.182. The first-order valence-electron chi connectivity index (χ1n) is 20.3. The fourth-order valence-corrected chi connectivity index (χ4v) is 6.52. The zero-order valence-corrected chi connectivity index (χ0v) is 38.0. The summed E-state index contributed by atoms with van der Waals surface area (Å²) in [7, 11) is 2.67. The van der Waals surface area contributed by atoms with Crippen molar-refractivity contribution in [1.29, 1.82) is 0 Å². The van der Waals surface area contributed by atoms with Crippen molar-refractivity contribution in [2.75, 3.05) is 14.2 Å². The zero-order valence-electron chi connectivity index (χ0n) is 38.0. The van der Waals surface area contributed by atoms with E-state index < -0.39 is 34.5 Å². The van der Waals surface area contributed by atoms with E-state index in [2.05, 4.69) is 30.9 Å². The largest absolute Gasteiger partial charge is 0.478 e. The van der Waals surface area contributed by atoms with Crippen LogP contribution in [0.1, 0.15) is 127 Å². The number of carboxylic acid groups (broad SMARTS) is 1. The summed E-state index contributed by atoms with van der Waals surface area (Å²) in [6.07, 6.45) is 0. The molecule has 15 heteroatoms. The lowest BCUT2D eigenvalue weighted by molar-refractivity contribution is -0.125. The molecule has 4 N–H and O–H groups in total. The van der Waals surface area contributed by atoms with Crippen molar-refractivity contribution in [3.8, 4) is 0 Å². The van der Waals surface area contributed by atoms with Crippen LogP contribution in [0.15, 0.2) is 69.6 Å². The number of carboxylic acids is 1. The third-order valence-electron chi connectivity index (χ3n) is 11.8. The Bertz CT molecular complexity index is 2420. The first-order chi connectivity index (χ1) is 28.8. The van der Waals surface area contributed by atoms with Gasteiger partial charge >= 0.3 is 17.9 Å². The number of methoxy groups -OCH3 is 2. The molecule has 6 rings (SSSR count). The Morgan fingerprint density at radius 1 is 0.516 bits per heavy atom. The highest BCUT2D eigenvalue weighted by atomic mass is 16.5. The third kappa shape index (κ3) is 9.66. The molecule has 0 radical (unpaired) electrons. The SMILES string of the molecule is COC(=O)c1cc(C)ccc1C1=NC(C)(C(C)C)C(=O)N1.COC(=O)c1ccc(C)cc1C1=NC(C)(C(C)C)C(=O)N1.Cc1ccc(C2=NC(C)(C(C)C)C(=O)N2)c(C(=O)O)c1. The topological polar surface area (TPSA) is 214 Å². The van der Waals surface area contributed by atoms with Crippen LogP contribution in [0.2, 0.25) is 0 Å². The Kier molecular flexibility index (Phi) is 14.5. The molecule has 62 heavy (non-hydrogen) atoms. The number of nitrogens with one attached hydrogen (secondary N) is 3. The van der Waals surface area contributed by atoms with Crippen molar-refractivity contribution in [1.82, 2.24) is 16.0 Å². The van der Waals surface area contributed by atoms with Crippen LogP contribution in [0.25, 0.3) is 0 Å². The second-order valence-corrected chi connectivity index (χ2v) is 17.1. The highest BCUT2D eigenvalue weighted by Gasteiger charge is 2.45. The number of amidine groups is 3. The predicted octanol–water partition coefficient (Wildman–Crippen LogP) is 6.13. The van der Waals surface area contributed by atoms with Gasteiger partial charge in [-0.05, 0) is 83.6 Å². The minimum Gasteiger partial charge on any atom is -0.478 e. The van der Waals surface area contributed by atoms with E-state index in [1.54, 1.807) is 51.1 Å². The summed E-state index contributed by atoms with van der Waals surface area (Å²) in [5.74, 6) is -1.07. The van der Waals surface area contributed by atoms with Gasteiger partial charge < -0.3 is 30.5 Å². The van der Waals surface area contributed by atoms with Crippen LogP contribution in [-0.2, 0) is 23.9 Å². The maximum Gasteiger partial charge on any atom is 0.338 e. The molecule has 3 aromatic carbocycles. The molecule has 3 heterocycles. The first-order valence-corrected chi connectivity index (χ1v) is 20.3. The van der Waals surface area contributed by atoms with E-state index in [-0.39, 0.29) is 41.0 Å². The molecule has 15 nitrogen and oxygen atoms in total. The number of aryl methyl sites for hydroxylation is 3. The van der Waals surface area contributed by atoms with Gasteiger partial charge in [-0.15, -0.1) is 0 Å². The van der Waals surface area contributed by atoms with Gasteiger partial charge in [-0.3, -0.25) is 29.4 Å². The molecule has 0 aromatic heterocycles. The van der Waals surface area contributed by atoms with Crippen LogP contribution < -0.4 is 16.0 Å². The van der Waals surface area contributed by atoms with E-state index in [0.717, 1.165) is 16.7 Å². The van der Waals surface area contributed by atoms with E-state index in [0.29, 0.717) is 45.3 Å². The number of rotatable bonds is 9. The number of benzene rings is 3. The monoisotopic (exact) mass is 850 g/mol. The normalized spacial score (nSPS) is 21.4. The molecule has 3 amide bonds. The standard InChI is InChI=1S/2C16H20N2O3.C15H18N2O3/c1-9(2)16(4)15(20)17-13(18-16)12-8-10(3)6-7-11(12)14(19)21-5;1-9(2)16(4)15(20)17-13(18-16)11-7-6-10(3)8-12(11)14(19)21-5;1-8(2)15(4)14(20)16-12(17-15)10-6-5-9(3)7-11(10)13(18)19/h2*6-9H,1-5H3,(H,17,18,20);5-8H,1-4H3,(H,18,19)(H,16,17,20). The minimum absolute atomic E-state index is 0.0266. The number of esters is 2. The summed E-state index contributed by atoms with van der Waals surface area (Å²) in [6, 6.07) is 15.8. The average molecular weight is 851 g/mol. The highest BCUT2D eigenvalue weighted by molar-refractivity contribution is 6.20. The van der Waals surface area contributed by atoms with Crippen molar-refractivity contribution in [2.24, 2.45) is 32.7 Å². The molecule has 3 atom stereocenters. The lowest BCUT2D eigenvalue weighted by Crippen LogP contribution is -2.41. The average Bonchev–Trinajstić information content (AvgIpc) is 3.83. The van der Waals surface area contributed by atoms with E-state index in [1.165, 1.54) is 14.2 Å². The van der Waals surface area contributed by atoms with Crippen molar-refractivity contribution >= 4 is 53.1 Å². The van der Waals surface area contributed by atoms with Gasteiger partial charge in [-0.1, -0.05) is 88.6 Å². The minimum atomic E-state index is -1.03. The van der Waals surface area contributed by atoms with E-state index in [9.17, 15) is 33.9 Å². The number of hydrogen-bond donors (Lipinski definition) is 4. The fraction of sp³-hybridized carbons (Fsp3) is 0.426. The van der Waals surface area contributed by atoms with E-state index in [1.807, 2.05) is 86.6 Å². The van der Waals surface area contributed by atoms with Crippen LogP contribution in [0.3, 0.4) is 0 Å². The number of aliphatic imine (C=N–C) groups is 3. The van der Waals surface area contributed by atoms with Crippen molar-refractivity contribution in [3.05, 3.63) is 105 Å². The number of nitrogens with zero attached hydrogens (tertiary/aromatic N) is 3. The summed E-state index contributed by atoms with van der Waals surface area (Å²) < 4.78 is 9.61. The summed E-state index contributed by atoms with van der Waals surface area (Å²) in [6.45, 7) is 22.6. The lowest BCUT2D eigenvalue weighted by atomic mass is 9.89. The number of carbonyl (C=O) groups is 6. The number of carbonyl (C=O) groups excluding carboxylic acids is 5. The first kappa shape index (κ1) is 48.2. The molecule has 3 aromatic rings. The maximum atomic E-state index is 12.2. The molecule has 0 spiro atoms. The Balaban J connectivity index is 0.000000205. The summed E-state index contributed by atoms with van der Waals surface area (Å²) >= 11 is 0. The number of amides is 3. The molecule has 3 aliphatic rings. The second kappa shape index (κ2) is 18.6. The summed E-state index contributed by atoms with van der Waals surface area (Å²) in [4.78, 5) is 85.2. The molecule has 0 fully saturated rings. The summed E-state index contributed by atoms with van der Waals surface area (Å²) in [5.41, 5.74) is 2.88. The maximum absolute atomic E-state index is 12.2. The molecule has 0 saturated heterocycles. The van der Waals surface area contributed by atoms with Gasteiger partial charge in [0.25, 0.3) is 17.7 Å². The van der Waals surface area contributed by atoms with Crippen LogP contribution in [0, 0.1) is 38.5 Å². The molecule has 0 bridgehead atoms. The second-order valence-electron chi connectivity index (χ2n) is 17.1. The van der Waals surface area contributed by atoms with Crippen LogP contribution in [-0.4, -0.2) is 89.1 Å². The smallest absolute Gasteiger partial charge is 0.338 e. The Labute approximate surface area is 362 Å². The predicted molar refractivity (Wildman–Crippen MR) is 237 cm³/mol. The van der Waals surface area contributed by atoms with Crippen LogP contribution in [0.5, 0.6) is 0 Å². The molecular formula is C47H58N6O9. The molecule has 3 unspecified atom stereocenters. The lowest BCUT2D eigenvalue weighted by Gasteiger charge is -2.21. The number of hydrogen-bond acceptors (Lipinski definition) is 11. The molecular weight excluding hydrogens is 793 g/mol. The third-order valence-corrected chi connectivity index (χ3v) is 11.8. The Morgan fingerprint density at radius 3 is 1.19 bits per heavy atom. The van der Waals surface area contributed by atoms with Gasteiger partial charge in [0.05, 0.1) is 30.9 Å². The Hall–Kier alpha value is -6.51. The van der Waals surface area contributed by atoms with Crippen LogP contribution >= 0.6 is 0 Å². The van der Waals surface area contributed by atoms with E-state index in [4.69, 9.17) is 9.47 Å². The van der Waals surface area contributed by atoms with Gasteiger partial charge in [-0.25, -0.2) is 14.4 Å². The molecule has 0 aliphatic carbocycles. The van der Waals surface area contributed by atoms with Gasteiger partial charge in [-0.2, -0.15) is 0 Å². The van der Waals surface area contributed by atoms with Crippen molar-refractivity contribution in [3.63, 3.8) is 0 Å². The van der Waals surface area contributed by atoms with Gasteiger partial charge in [0.1, 0.15) is 34.1 Å². The van der Waals surface area contributed by atoms with Crippen LogP contribution in [0.4, 0.5) is 0 Å². The number of aromatic carboxylic acids is 1. The van der Waals surface area contributed by atoms with Gasteiger partial charge in [0.15, 0.2) is 0 Å². The fourth-order valence-electron chi connectivity index (χ4n) is 6.52. The Morgan fingerprint density at radius 2 is 0.839 bits per heavy atom. The highest BCUT2D eigenvalue weighted by Crippen LogP contribution is 2.30. The van der Waals surface area contributed by atoms with E-state index >= 15 is 0 Å². The molecule has 330 valence electrons. The summed E-state index contributed by atoms with van der Waals surface area (Å²) in [5, 5.41) is 17.6. The van der Waals surface area contributed by atoms with Crippen molar-refractivity contribution in [2.45, 2.75) is 99.7 Å². The van der Waals surface area contributed by atoms with Crippen molar-refractivity contribution < 1.29 is 43.3 Å². The van der Waals surface area contributed by atoms with Gasteiger partial charge in [0, 0.05) is 16.7 Å². The molecule has 3 aliphatic heterocycles. The van der Waals surface area contributed by atoms with Gasteiger partial charge in [0.2, 0.25) is 0 Å².